The minimum Gasteiger partial charge on any atom is -0.337 e. The predicted molar refractivity (Wildman–Crippen MR) is 84.5 cm³/mol. The maximum absolute atomic E-state index is 2.36. The van der Waals surface area contributed by atoms with Crippen molar-refractivity contribution in [2.45, 2.75) is 6.92 Å². The quantitative estimate of drug-likeness (QED) is 0.479. The highest BCUT2D eigenvalue weighted by molar-refractivity contribution is 6.08. The van der Waals surface area contributed by atoms with Crippen molar-refractivity contribution in [3.8, 4) is 5.69 Å². The Balaban J connectivity index is 2.26. The minimum atomic E-state index is 1.25. The van der Waals surface area contributed by atoms with Crippen LogP contribution in [0.5, 0.6) is 0 Å². The van der Waals surface area contributed by atoms with Crippen LogP contribution >= 0.6 is 0 Å². The van der Waals surface area contributed by atoms with Gasteiger partial charge in [-0.3, -0.25) is 4.57 Å². The molecule has 0 radical (unpaired) electrons. The van der Waals surface area contributed by atoms with E-state index in [1.807, 2.05) is 0 Å². The van der Waals surface area contributed by atoms with Crippen molar-refractivity contribution in [1.82, 2.24) is 9.13 Å². The molecule has 20 heavy (non-hydrogen) atoms. The number of para-hydroxylation sites is 2. The summed E-state index contributed by atoms with van der Waals surface area (Å²) in [6, 6.07) is 19.4. The SMILES string of the molecule is Cc1ccccc1-n1c2ccccc2c2ccn(C)c21. The summed E-state index contributed by atoms with van der Waals surface area (Å²) in [7, 11) is 2.11. The second-order valence-electron chi connectivity index (χ2n) is 5.30. The standard InChI is InChI=1S/C18H16N2/c1-13-7-3-5-9-16(13)20-17-10-6-4-8-14(17)15-11-12-19(2)18(15)20/h3-12H,1-2H3. The second-order valence-corrected chi connectivity index (χ2v) is 5.30. The van der Waals surface area contributed by atoms with Gasteiger partial charge in [0.25, 0.3) is 0 Å². The lowest BCUT2D eigenvalue weighted by Gasteiger charge is -2.11. The Morgan fingerprint density at radius 3 is 2.40 bits per heavy atom. The molecule has 98 valence electrons. The molecule has 2 nitrogen and oxygen atoms in total. The largest absolute Gasteiger partial charge is 0.337 e. The number of fused-ring (bicyclic) bond motifs is 3. The summed E-state index contributed by atoms with van der Waals surface area (Å²) in [6.45, 7) is 2.17. The van der Waals surface area contributed by atoms with Gasteiger partial charge in [-0.2, -0.15) is 0 Å². The lowest BCUT2D eigenvalue weighted by molar-refractivity contribution is 0.924. The maximum Gasteiger partial charge on any atom is 0.125 e. The molecule has 0 amide bonds. The van der Waals surface area contributed by atoms with Crippen LogP contribution < -0.4 is 0 Å². The molecule has 0 atom stereocenters. The van der Waals surface area contributed by atoms with Gasteiger partial charge in [0.05, 0.1) is 11.2 Å². The fourth-order valence-electron chi connectivity index (χ4n) is 3.08. The third kappa shape index (κ3) is 1.39. The van der Waals surface area contributed by atoms with E-state index in [1.54, 1.807) is 0 Å². The van der Waals surface area contributed by atoms with E-state index in [4.69, 9.17) is 0 Å². The summed E-state index contributed by atoms with van der Waals surface area (Å²) >= 11 is 0. The lowest BCUT2D eigenvalue weighted by Crippen LogP contribution is -2.00. The Hall–Kier alpha value is -2.48. The number of nitrogens with zero attached hydrogens (tertiary/aromatic N) is 2. The molecule has 0 saturated heterocycles. The molecule has 0 aliphatic heterocycles. The van der Waals surface area contributed by atoms with Crippen molar-refractivity contribution < 1.29 is 0 Å². The summed E-state index contributed by atoms with van der Waals surface area (Å²) in [5.74, 6) is 0. The van der Waals surface area contributed by atoms with Gasteiger partial charge in [0.2, 0.25) is 0 Å². The number of aromatic nitrogens is 2. The Kier molecular flexibility index (Phi) is 2.27. The first-order chi connectivity index (χ1) is 9.77. The van der Waals surface area contributed by atoms with E-state index < -0.39 is 0 Å². The van der Waals surface area contributed by atoms with Gasteiger partial charge in [-0.1, -0.05) is 36.4 Å². The number of hydrogen-bond acceptors (Lipinski definition) is 0. The van der Waals surface area contributed by atoms with E-state index in [2.05, 4.69) is 83.9 Å². The summed E-state index contributed by atoms with van der Waals surface area (Å²) in [5, 5.41) is 2.62. The number of rotatable bonds is 1. The first-order valence-corrected chi connectivity index (χ1v) is 6.88. The van der Waals surface area contributed by atoms with E-state index in [0.29, 0.717) is 0 Å². The first-order valence-electron chi connectivity index (χ1n) is 6.88. The molecule has 0 aliphatic carbocycles. The Labute approximate surface area is 117 Å². The van der Waals surface area contributed by atoms with Crippen molar-refractivity contribution in [2.24, 2.45) is 7.05 Å². The number of hydrogen-bond donors (Lipinski definition) is 0. The summed E-state index contributed by atoms with van der Waals surface area (Å²) < 4.78 is 4.56. The topological polar surface area (TPSA) is 9.86 Å². The van der Waals surface area contributed by atoms with Crippen molar-refractivity contribution in [3.63, 3.8) is 0 Å². The fraction of sp³-hybridized carbons (Fsp3) is 0.111. The molecule has 0 saturated carbocycles. The van der Waals surface area contributed by atoms with E-state index in [9.17, 15) is 0 Å². The molecule has 0 N–H and O–H groups in total. The zero-order chi connectivity index (χ0) is 13.7. The highest BCUT2D eigenvalue weighted by Gasteiger charge is 2.14. The Morgan fingerprint density at radius 1 is 0.800 bits per heavy atom. The van der Waals surface area contributed by atoms with Crippen LogP contribution in [0.15, 0.2) is 60.8 Å². The molecule has 0 unspecified atom stereocenters. The van der Waals surface area contributed by atoms with Crippen molar-refractivity contribution in [3.05, 3.63) is 66.4 Å². The van der Waals surface area contributed by atoms with Gasteiger partial charge >= 0.3 is 0 Å². The van der Waals surface area contributed by atoms with E-state index >= 15 is 0 Å². The molecule has 2 heterocycles. The Bertz CT molecular complexity index is 925. The second kappa shape index (κ2) is 4.01. The average Bonchev–Trinajstić information content (AvgIpc) is 2.99. The number of aryl methyl sites for hydroxylation is 2. The summed E-state index contributed by atoms with van der Waals surface area (Å²) in [4.78, 5) is 0. The van der Waals surface area contributed by atoms with Crippen molar-refractivity contribution in [2.75, 3.05) is 0 Å². The van der Waals surface area contributed by atoms with Gasteiger partial charge in [0.1, 0.15) is 5.65 Å². The first kappa shape index (κ1) is 11.4. The highest BCUT2D eigenvalue weighted by atomic mass is 15.1. The molecule has 2 aromatic carbocycles. The van der Waals surface area contributed by atoms with Crippen LogP contribution in [0.3, 0.4) is 0 Å². The highest BCUT2D eigenvalue weighted by Crippen LogP contribution is 2.32. The molecule has 0 aliphatic rings. The number of benzene rings is 2. The van der Waals surface area contributed by atoms with Crippen LogP contribution in [0.2, 0.25) is 0 Å². The molecular weight excluding hydrogens is 244 g/mol. The third-order valence-corrected chi connectivity index (χ3v) is 4.04. The maximum atomic E-state index is 2.36. The van der Waals surface area contributed by atoms with Gasteiger partial charge < -0.3 is 4.57 Å². The van der Waals surface area contributed by atoms with Crippen molar-refractivity contribution in [1.29, 1.82) is 0 Å². The molecule has 4 rings (SSSR count). The van der Waals surface area contributed by atoms with Crippen LogP contribution in [0, 0.1) is 6.92 Å². The van der Waals surface area contributed by atoms with Gasteiger partial charge in [0.15, 0.2) is 0 Å². The molecule has 0 bridgehead atoms. The third-order valence-electron chi connectivity index (χ3n) is 4.04. The zero-order valence-electron chi connectivity index (χ0n) is 11.7. The van der Waals surface area contributed by atoms with Crippen LogP contribution in [-0.4, -0.2) is 9.13 Å². The predicted octanol–water partition coefficient (Wildman–Crippen LogP) is 4.43. The van der Waals surface area contributed by atoms with Crippen LogP contribution in [-0.2, 0) is 7.05 Å². The lowest BCUT2D eigenvalue weighted by atomic mass is 10.2. The van der Waals surface area contributed by atoms with Gasteiger partial charge in [-0.05, 0) is 30.7 Å². The normalized spacial score (nSPS) is 11.5. The smallest absolute Gasteiger partial charge is 0.125 e. The van der Waals surface area contributed by atoms with Gasteiger partial charge in [-0.25, -0.2) is 0 Å². The molecule has 2 heteroatoms. The average molecular weight is 260 g/mol. The van der Waals surface area contributed by atoms with E-state index in [-0.39, 0.29) is 0 Å². The zero-order valence-corrected chi connectivity index (χ0v) is 11.7. The summed E-state index contributed by atoms with van der Waals surface area (Å²) in [5.41, 5.74) is 5.06. The van der Waals surface area contributed by atoms with E-state index in [0.717, 1.165) is 0 Å². The van der Waals surface area contributed by atoms with Gasteiger partial charge in [-0.15, -0.1) is 0 Å². The van der Waals surface area contributed by atoms with E-state index in [1.165, 1.54) is 33.2 Å². The fourth-order valence-corrected chi connectivity index (χ4v) is 3.08. The Morgan fingerprint density at radius 2 is 1.55 bits per heavy atom. The molecule has 0 fully saturated rings. The molecule has 4 aromatic rings. The summed E-state index contributed by atoms with van der Waals surface area (Å²) in [6.07, 6.45) is 2.13. The molecule has 2 aromatic heterocycles. The minimum absolute atomic E-state index is 1.25. The monoisotopic (exact) mass is 260 g/mol. The van der Waals surface area contributed by atoms with Gasteiger partial charge in [0, 0.05) is 24.0 Å². The van der Waals surface area contributed by atoms with Crippen LogP contribution in [0.4, 0.5) is 0 Å². The van der Waals surface area contributed by atoms with Crippen molar-refractivity contribution >= 4 is 21.9 Å². The molecular formula is C18H16N2. The van der Waals surface area contributed by atoms with Crippen LogP contribution in [0.1, 0.15) is 5.56 Å². The van der Waals surface area contributed by atoms with Crippen LogP contribution in [0.25, 0.3) is 27.6 Å². The molecule has 0 spiro atoms.